The number of amides is 1. The largest absolute Gasteiger partial charge is 0.494 e. The highest BCUT2D eigenvalue weighted by atomic mass is 79.9. The smallest absolute Gasteiger partial charge is 0.257 e. The lowest BCUT2D eigenvalue weighted by molar-refractivity contribution is 0.102. The molecule has 1 amide bonds. The molecule has 0 unspecified atom stereocenters. The second-order valence-corrected chi connectivity index (χ2v) is 7.40. The first-order valence-corrected chi connectivity index (χ1v) is 7.99. The molecule has 0 aliphatic rings. The number of ether oxygens (including phenoxy) is 1. The molecule has 1 heterocycles. The summed E-state index contributed by atoms with van der Waals surface area (Å²) in [6.07, 6.45) is 0. The Morgan fingerprint density at radius 2 is 2.00 bits per heavy atom. The third-order valence-electron chi connectivity index (χ3n) is 2.32. The van der Waals surface area contributed by atoms with Crippen molar-refractivity contribution in [2.75, 3.05) is 11.9 Å². The van der Waals surface area contributed by atoms with Gasteiger partial charge in [-0.1, -0.05) is 0 Å². The third-order valence-corrected chi connectivity index (χ3v) is 4.66. The van der Waals surface area contributed by atoms with Gasteiger partial charge in [0.1, 0.15) is 5.75 Å². The van der Waals surface area contributed by atoms with Gasteiger partial charge in [-0.15, -0.1) is 11.3 Å². The lowest BCUT2D eigenvalue weighted by atomic mass is 10.2. The third kappa shape index (κ3) is 3.81. The number of halogens is 2. The predicted octanol–water partition coefficient (Wildman–Crippen LogP) is 4.92. The molecule has 0 fully saturated rings. The van der Waals surface area contributed by atoms with Crippen LogP contribution in [0.4, 0.5) is 5.69 Å². The molecule has 0 atom stereocenters. The van der Waals surface area contributed by atoms with Gasteiger partial charge in [-0.3, -0.25) is 4.79 Å². The topological polar surface area (TPSA) is 38.3 Å². The molecule has 0 bridgehead atoms. The number of anilines is 1. The van der Waals surface area contributed by atoms with E-state index in [-0.39, 0.29) is 5.91 Å². The second kappa shape index (κ2) is 6.54. The normalized spacial score (nSPS) is 10.3. The minimum Gasteiger partial charge on any atom is -0.494 e. The number of carbonyl (C=O) groups is 1. The molecule has 3 nitrogen and oxygen atoms in total. The van der Waals surface area contributed by atoms with Gasteiger partial charge < -0.3 is 10.1 Å². The molecular weight excluding hydrogens is 394 g/mol. The van der Waals surface area contributed by atoms with Crippen LogP contribution < -0.4 is 10.1 Å². The molecule has 0 saturated heterocycles. The lowest BCUT2D eigenvalue weighted by Crippen LogP contribution is -2.11. The van der Waals surface area contributed by atoms with Crippen molar-refractivity contribution < 1.29 is 9.53 Å². The summed E-state index contributed by atoms with van der Waals surface area (Å²) in [6.45, 7) is 2.56. The quantitative estimate of drug-likeness (QED) is 0.784. The summed E-state index contributed by atoms with van der Waals surface area (Å²) in [5.74, 6) is 0.651. The first-order chi connectivity index (χ1) is 9.10. The van der Waals surface area contributed by atoms with Crippen LogP contribution in [-0.2, 0) is 0 Å². The van der Waals surface area contributed by atoms with Crippen LogP contribution in [0.15, 0.2) is 37.9 Å². The van der Waals surface area contributed by atoms with Crippen LogP contribution in [0, 0.1) is 0 Å². The van der Waals surface area contributed by atoms with Crippen LogP contribution in [0.1, 0.15) is 17.3 Å². The van der Waals surface area contributed by atoms with E-state index in [9.17, 15) is 4.79 Å². The summed E-state index contributed by atoms with van der Waals surface area (Å²) in [5.41, 5.74) is 1.36. The number of carbonyl (C=O) groups excluding carboxylic acids is 1. The van der Waals surface area contributed by atoms with Crippen molar-refractivity contribution in [1.82, 2.24) is 0 Å². The van der Waals surface area contributed by atoms with Gasteiger partial charge in [-0.25, -0.2) is 0 Å². The monoisotopic (exact) mass is 403 g/mol. The van der Waals surface area contributed by atoms with Crippen LogP contribution in [0.3, 0.4) is 0 Å². The summed E-state index contributed by atoms with van der Waals surface area (Å²) in [4.78, 5) is 12.1. The lowest BCUT2D eigenvalue weighted by Gasteiger charge is -2.06. The highest BCUT2D eigenvalue weighted by molar-refractivity contribution is 9.12. The zero-order chi connectivity index (χ0) is 13.8. The maximum atomic E-state index is 12.1. The number of thiophene rings is 1. The van der Waals surface area contributed by atoms with Crippen LogP contribution in [-0.4, -0.2) is 12.5 Å². The molecular formula is C13H11Br2NO2S. The Hall–Kier alpha value is -0.850. The molecule has 6 heteroatoms. The minimum atomic E-state index is -0.141. The number of nitrogens with one attached hydrogen (secondary N) is 1. The molecule has 1 aromatic carbocycles. The van der Waals surface area contributed by atoms with Gasteiger partial charge in [-0.05, 0) is 69.1 Å². The van der Waals surface area contributed by atoms with E-state index in [0.717, 1.165) is 19.0 Å². The molecule has 0 spiro atoms. The fourth-order valence-corrected chi connectivity index (χ4v) is 4.29. The van der Waals surface area contributed by atoms with Crippen LogP contribution in [0.25, 0.3) is 0 Å². The molecule has 0 aliphatic carbocycles. The van der Waals surface area contributed by atoms with Crippen LogP contribution in [0.2, 0.25) is 0 Å². The van der Waals surface area contributed by atoms with E-state index in [4.69, 9.17) is 4.74 Å². The number of rotatable bonds is 4. The first-order valence-electron chi connectivity index (χ1n) is 5.59. The minimum absolute atomic E-state index is 0.141. The highest BCUT2D eigenvalue weighted by Crippen LogP contribution is 2.32. The van der Waals surface area contributed by atoms with Gasteiger partial charge in [-0.2, -0.15) is 0 Å². The standard InChI is InChI=1S/C13H11Br2NO2S/c1-2-18-9-5-3-8(4-6-9)16-13(17)10-7-11(14)19-12(10)15/h3-7H,2H2,1H3,(H,16,17). The van der Waals surface area contributed by atoms with Crippen molar-refractivity contribution in [2.24, 2.45) is 0 Å². The maximum absolute atomic E-state index is 12.1. The summed E-state index contributed by atoms with van der Waals surface area (Å²) in [6, 6.07) is 9.09. The van der Waals surface area contributed by atoms with E-state index >= 15 is 0 Å². The Kier molecular flexibility index (Phi) is 5.01. The fourth-order valence-electron chi connectivity index (χ4n) is 1.49. The first kappa shape index (κ1) is 14.6. The van der Waals surface area contributed by atoms with Gasteiger partial charge >= 0.3 is 0 Å². The zero-order valence-electron chi connectivity index (χ0n) is 10.1. The van der Waals surface area contributed by atoms with Gasteiger partial charge in [0.25, 0.3) is 5.91 Å². The van der Waals surface area contributed by atoms with E-state index in [1.807, 2.05) is 31.2 Å². The highest BCUT2D eigenvalue weighted by Gasteiger charge is 2.13. The summed E-state index contributed by atoms with van der Waals surface area (Å²) >= 11 is 8.20. The van der Waals surface area contributed by atoms with E-state index in [0.29, 0.717) is 12.2 Å². The van der Waals surface area contributed by atoms with E-state index in [1.165, 1.54) is 11.3 Å². The molecule has 19 heavy (non-hydrogen) atoms. The molecule has 1 N–H and O–H groups in total. The van der Waals surface area contributed by atoms with Gasteiger partial charge in [0.2, 0.25) is 0 Å². The number of hydrogen-bond donors (Lipinski definition) is 1. The molecule has 2 rings (SSSR count). The van der Waals surface area contributed by atoms with Crippen molar-refractivity contribution in [2.45, 2.75) is 6.92 Å². The van der Waals surface area contributed by atoms with E-state index in [2.05, 4.69) is 37.2 Å². The Balaban J connectivity index is 2.08. The molecule has 1 aromatic heterocycles. The van der Waals surface area contributed by atoms with Crippen molar-refractivity contribution in [3.8, 4) is 5.75 Å². The number of benzene rings is 1. The van der Waals surface area contributed by atoms with Crippen molar-refractivity contribution in [3.63, 3.8) is 0 Å². The van der Waals surface area contributed by atoms with Gasteiger partial charge in [0.05, 0.1) is 19.7 Å². The van der Waals surface area contributed by atoms with Crippen molar-refractivity contribution in [1.29, 1.82) is 0 Å². The Morgan fingerprint density at radius 1 is 1.32 bits per heavy atom. The average Bonchev–Trinajstić information content (AvgIpc) is 2.71. The summed E-state index contributed by atoms with van der Waals surface area (Å²) < 4.78 is 7.07. The Labute approximate surface area is 132 Å². The summed E-state index contributed by atoms with van der Waals surface area (Å²) in [7, 11) is 0. The van der Waals surface area contributed by atoms with E-state index < -0.39 is 0 Å². The molecule has 0 radical (unpaired) electrons. The van der Waals surface area contributed by atoms with Crippen LogP contribution in [0.5, 0.6) is 5.75 Å². The van der Waals surface area contributed by atoms with Crippen LogP contribution >= 0.6 is 43.2 Å². The average molecular weight is 405 g/mol. The maximum Gasteiger partial charge on any atom is 0.257 e. The molecule has 0 aliphatic heterocycles. The SMILES string of the molecule is CCOc1ccc(NC(=O)c2cc(Br)sc2Br)cc1. The molecule has 2 aromatic rings. The Bertz CT molecular complexity index is 581. The van der Waals surface area contributed by atoms with Crippen molar-refractivity contribution >= 4 is 54.8 Å². The van der Waals surface area contributed by atoms with E-state index in [1.54, 1.807) is 6.07 Å². The predicted molar refractivity (Wildman–Crippen MR) is 85.3 cm³/mol. The van der Waals surface area contributed by atoms with Crippen molar-refractivity contribution in [3.05, 3.63) is 43.5 Å². The fraction of sp³-hybridized carbons (Fsp3) is 0.154. The number of hydrogen-bond acceptors (Lipinski definition) is 3. The zero-order valence-corrected chi connectivity index (χ0v) is 14.1. The summed E-state index contributed by atoms with van der Waals surface area (Å²) in [5, 5.41) is 2.84. The van der Waals surface area contributed by atoms with Gasteiger partial charge in [0.15, 0.2) is 0 Å². The van der Waals surface area contributed by atoms with Gasteiger partial charge in [0, 0.05) is 5.69 Å². The molecule has 0 saturated carbocycles. The molecule has 100 valence electrons. The Morgan fingerprint density at radius 3 is 2.53 bits per heavy atom. The second-order valence-electron chi connectivity index (χ2n) is 3.65.